The van der Waals surface area contributed by atoms with Gasteiger partial charge in [0.25, 0.3) is 0 Å². The maximum absolute atomic E-state index is 3.75. The molecule has 0 aromatic heterocycles. The predicted octanol–water partition coefficient (Wildman–Crippen LogP) is 3.28. The third-order valence-corrected chi connectivity index (χ3v) is 6.07. The minimum Gasteiger partial charge on any atom is -0.312 e. The van der Waals surface area contributed by atoms with Crippen molar-refractivity contribution in [1.82, 2.24) is 10.2 Å². The Balaban J connectivity index is 1.55. The van der Waals surface area contributed by atoms with E-state index in [1.54, 1.807) is 0 Å². The molecule has 19 heavy (non-hydrogen) atoms. The summed E-state index contributed by atoms with van der Waals surface area (Å²) < 4.78 is 0. The van der Waals surface area contributed by atoms with E-state index in [2.05, 4.69) is 24.1 Å². The maximum Gasteiger partial charge on any atom is 0.0235 e. The van der Waals surface area contributed by atoms with Gasteiger partial charge in [-0.3, -0.25) is 4.90 Å². The first-order valence-corrected chi connectivity index (χ1v) is 8.71. The molecule has 2 unspecified atom stereocenters. The number of nitrogens with zero attached hydrogens (tertiary/aromatic N) is 1. The van der Waals surface area contributed by atoms with Crippen LogP contribution in [0.3, 0.4) is 0 Å². The lowest BCUT2D eigenvalue weighted by atomic mass is 9.89. The van der Waals surface area contributed by atoms with E-state index < -0.39 is 0 Å². The molecule has 0 amide bonds. The van der Waals surface area contributed by atoms with E-state index in [1.165, 1.54) is 64.6 Å². The van der Waals surface area contributed by atoms with Gasteiger partial charge in [-0.2, -0.15) is 0 Å². The summed E-state index contributed by atoms with van der Waals surface area (Å²) in [5.41, 5.74) is 0. The number of fused-ring (bicyclic) bond motifs is 1. The topological polar surface area (TPSA) is 15.3 Å². The molecule has 0 bridgehead atoms. The molecule has 4 atom stereocenters. The fraction of sp³-hybridized carbons (Fsp3) is 1.00. The molecule has 2 heteroatoms. The first-order chi connectivity index (χ1) is 9.24. The summed E-state index contributed by atoms with van der Waals surface area (Å²) in [5.74, 6) is 2.84. The van der Waals surface area contributed by atoms with Gasteiger partial charge in [0.1, 0.15) is 0 Å². The van der Waals surface area contributed by atoms with Crippen molar-refractivity contribution in [2.75, 3.05) is 19.6 Å². The van der Waals surface area contributed by atoms with E-state index in [0.29, 0.717) is 0 Å². The zero-order chi connectivity index (χ0) is 13.2. The van der Waals surface area contributed by atoms with Gasteiger partial charge in [0.05, 0.1) is 0 Å². The van der Waals surface area contributed by atoms with Crippen LogP contribution in [0.15, 0.2) is 0 Å². The number of piperidine rings is 1. The Morgan fingerprint density at radius 2 is 1.84 bits per heavy atom. The third kappa shape index (κ3) is 3.16. The van der Waals surface area contributed by atoms with Gasteiger partial charge in [-0.1, -0.05) is 26.7 Å². The molecular formula is C17H32N2. The van der Waals surface area contributed by atoms with Crippen LogP contribution in [-0.2, 0) is 0 Å². The lowest BCUT2D eigenvalue weighted by molar-refractivity contribution is 0.208. The van der Waals surface area contributed by atoms with Crippen LogP contribution in [0, 0.1) is 17.8 Å². The minimum atomic E-state index is 0.817. The van der Waals surface area contributed by atoms with E-state index in [1.807, 2.05) is 0 Å². The van der Waals surface area contributed by atoms with Crippen LogP contribution in [0.5, 0.6) is 0 Å². The molecule has 3 fully saturated rings. The van der Waals surface area contributed by atoms with Crippen LogP contribution in [-0.4, -0.2) is 36.6 Å². The second kappa shape index (κ2) is 6.13. The van der Waals surface area contributed by atoms with E-state index >= 15 is 0 Å². The smallest absolute Gasteiger partial charge is 0.0235 e. The van der Waals surface area contributed by atoms with Gasteiger partial charge in [-0.05, 0) is 56.4 Å². The second-order valence-electron chi connectivity index (χ2n) is 7.58. The van der Waals surface area contributed by atoms with Crippen molar-refractivity contribution in [2.45, 2.75) is 70.9 Å². The molecule has 3 aliphatic rings. The molecular weight excluding hydrogens is 232 g/mol. The molecule has 0 aromatic rings. The van der Waals surface area contributed by atoms with Gasteiger partial charge in [0, 0.05) is 25.2 Å². The Hall–Kier alpha value is -0.0800. The van der Waals surface area contributed by atoms with Gasteiger partial charge in [-0.25, -0.2) is 0 Å². The molecule has 2 aliphatic heterocycles. The average Bonchev–Trinajstić information content (AvgIpc) is 2.67. The van der Waals surface area contributed by atoms with Gasteiger partial charge < -0.3 is 5.32 Å². The maximum atomic E-state index is 3.75. The number of hydrogen-bond acceptors (Lipinski definition) is 2. The van der Waals surface area contributed by atoms with Crippen LogP contribution in [0.25, 0.3) is 0 Å². The highest BCUT2D eigenvalue weighted by Crippen LogP contribution is 2.34. The summed E-state index contributed by atoms with van der Waals surface area (Å²) in [6.07, 6.45) is 10.2. The van der Waals surface area contributed by atoms with E-state index in [4.69, 9.17) is 0 Å². The predicted molar refractivity (Wildman–Crippen MR) is 81.3 cm³/mol. The van der Waals surface area contributed by atoms with Crippen molar-refractivity contribution in [3.05, 3.63) is 0 Å². The van der Waals surface area contributed by atoms with Crippen molar-refractivity contribution in [1.29, 1.82) is 0 Å². The SMILES string of the molecule is CC(C)C1CCCC(N2C[C@@H]3CCCN[C@@H]3C2)CC1. The quantitative estimate of drug-likeness (QED) is 0.770. The molecule has 1 N–H and O–H groups in total. The first-order valence-electron chi connectivity index (χ1n) is 8.71. The van der Waals surface area contributed by atoms with Crippen LogP contribution in [0.2, 0.25) is 0 Å². The second-order valence-corrected chi connectivity index (χ2v) is 7.58. The van der Waals surface area contributed by atoms with Crippen molar-refractivity contribution < 1.29 is 0 Å². The Bertz CT molecular complexity index is 275. The number of hydrogen-bond donors (Lipinski definition) is 1. The van der Waals surface area contributed by atoms with Crippen LogP contribution in [0.1, 0.15) is 58.8 Å². The fourth-order valence-electron chi connectivity index (χ4n) is 4.72. The van der Waals surface area contributed by atoms with E-state index in [0.717, 1.165) is 29.8 Å². The Kier molecular flexibility index (Phi) is 4.48. The zero-order valence-electron chi connectivity index (χ0n) is 12.9. The lowest BCUT2D eigenvalue weighted by Gasteiger charge is -2.27. The Labute approximate surface area is 119 Å². The number of nitrogens with one attached hydrogen (secondary N) is 1. The molecule has 2 nitrogen and oxygen atoms in total. The van der Waals surface area contributed by atoms with Crippen molar-refractivity contribution in [3.63, 3.8) is 0 Å². The van der Waals surface area contributed by atoms with Crippen molar-refractivity contribution in [2.24, 2.45) is 17.8 Å². The van der Waals surface area contributed by atoms with Gasteiger partial charge >= 0.3 is 0 Å². The zero-order valence-corrected chi connectivity index (χ0v) is 12.9. The summed E-state index contributed by atoms with van der Waals surface area (Å²) in [5, 5.41) is 3.75. The standard InChI is InChI=1S/C17H32N2/c1-13(2)14-5-3-7-16(9-8-14)19-11-15-6-4-10-18-17(15)12-19/h13-18H,3-12H2,1-2H3/t14?,15-,16?,17+/m0/s1. The number of rotatable bonds is 2. The highest BCUT2D eigenvalue weighted by atomic mass is 15.2. The van der Waals surface area contributed by atoms with Crippen LogP contribution in [0.4, 0.5) is 0 Å². The molecule has 0 aromatic carbocycles. The highest BCUT2D eigenvalue weighted by Gasteiger charge is 2.37. The normalized spacial score (nSPS) is 41.2. The highest BCUT2D eigenvalue weighted by molar-refractivity contribution is 4.94. The lowest BCUT2D eigenvalue weighted by Crippen LogP contribution is -2.41. The number of likely N-dealkylation sites (tertiary alicyclic amines) is 1. The van der Waals surface area contributed by atoms with Crippen molar-refractivity contribution in [3.8, 4) is 0 Å². The van der Waals surface area contributed by atoms with Crippen LogP contribution < -0.4 is 5.32 Å². The van der Waals surface area contributed by atoms with E-state index in [-0.39, 0.29) is 0 Å². The molecule has 0 radical (unpaired) electrons. The first kappa shape index (κ1) is 13.9. The minimum absolute atomic E-state index is 0.817. The molecule has 1 aliphatic carbocycles. The third-order valence-electron chi connectivity index (χ3n) is 6.07. The molecule has 110 valence electrons. The summed E-state index contributed by atoms with van der Waals surface area (Å²) in [4.78, 5) is 2.84. The summed E-state index contributed by atoms with van der Waals surface area (Å²) in [6, 6.07) is 1.72. The molecule has 1 saturated carbocycles. The van der Waals surface area contributed by atoms with Crippen LogP contribution >= 0.6 is 0 Å². The largest absolute Gasteiger partial charge is 0.312 e. The molecule has 2 heterocycles. The molecule has 2 saturated heterocycles. The average molecular weight is 264 g/mol. The van der Waals surface area contributed by atoms with Gasteiger partial charge in [0.15, 0.2) is 0 Å². The van der Waals surface area contributed by atoms with Crippen molar-refractivity contribution >= 4 is 0 Å². The van der Waals surface area contributed by atoms with E-state index in [9.17, 15) is 0 Å². The summed E-state index contributed by atoms with van der Waals surface area (Å²) >= 11 is 0. The monoisotopic (exact) mass is 264 g/mol. The molecule has 0 spiro atoms. The summed E-state index contributed by atoms with van der Waals surface area (Å²) in [6.45, 7) is 8.81. The Morgan fingerprint density at radius 3 is 2.63 bits per heavy atom. The van der Waals surface area contributed by atoms with Gasteiger partial charge in [-0.15, -0.1) is 0 Å². The fourth-order valence-corrected chi connectivity index (χ4v) is 4.72. The Morgan fingerprint density at radius 1 is 0.947 bits per heavy atom. The summed E-state index contributed by atoms with van der Waals surface area (Å²) in [7, 11) is 0. The molecule has 3 rings (SSSR count). The van der Waals surface area contributed by atoms with Gasteiger partial charge in [0.2, 0.25) is 0 Å².